The zero-order valence-electron chi connectivity index (χ0n) is 7.42. The first-order chi connectivity index (χ1) is 6.72. The predicted octanol–water partition coefficient (Wildman–Crippen LogP) is 3.66. The summed E-state index contributed by atoms with van der Waals surface area (Å²) in [5.74, 6) is 0.733. The van der Waals surface area contributed by atoms with E-state index in [-0.39, 0.29) is 0 Å². The van der Waals surface area contributed by atoms with E-state index in [4.69, 9.17) is 16.3 Å². The fraction of sp³-hybridized carbons (Fsp3) is 0.100. The Kier molecular flexibility index (Phi) is 2.61. The van der Waals surface area contributed by atoms with E-state index in [0.717, 1.165) is 21.1 Å². The van der Waals surface area contributed by atoms with Gasteiger partial charge < -0.3 is 4.74 Å². The molecular weight excluding hydrogens is 265 g/mol. The van der Waals surface area contributed by atoms with Crippen LogP contribution in [0, 0.1) is 0 Å². The zero-order chi connectivity index (χ0) is 10.1. The molecule has 0 aliphatic rings. The number of nitrogens with zero attached hydrogens (tertiary/aromatic N) is 1. The third-order valence-electron chi connectivity index (χ3n) is 1.94. The van der Waals surface area contributed by atoms with E-state index in [2.05, 4.69) is 20.9 Å². The lowest BCUT2D eigenvalue weighted by molar-refractivity contribution is 0.419. The summed E-state index contributed by atoms with van der Waals surface area (Å²) in [7, 11) is 1.62. The quantitative estimate of drug-likeness (QED) is 0.739. The molecule has 1 aromatic carbocycles. The minimum atomic E-state index is 0.446. The number of hydrogen-bond acceptors (Lipinski definition) is 2. The highest BCUT2D eigenvalue weighted by atomic mass is 79.9. The van der Waals surface area contributed by atoms with Crippen LogP contribution in [0.25, 0.3) is 10.9 Å². The Hall–Kier alpha value is -0.800. The summed E-state index contributed by atoms with van der Waals surface area (Å²) in [6, 6.07) is 7.67. The van der Waals surface area contributed by atoms with Crippen molar-refractivity contribution in [2.45, 2.75) is 0 Å². The van der Waals surface area contributed by atoms with Crippen LogP contribution in [0.3, 0.4) is 0 Å². The highest BCUT2D eigenvalue weighted by molar-refractivity contribution is 9.10. The molecule has 2 rings (SSSR count). The molecule has 72 valence electrons. The van der Waals surface area contributed by atoms with Crippen LogP contribution in [0.5, 0.6) is 5.75 Å². The molecule has 0 radical (unpaired) electrons. The maximum Gasteiger partial charge on any atom is 0.145 e. The SMILES string of the molecule is COc1cccc2cc(Br)c(Cl)nc12. The minimum absolute atomic E-state index is 0.446. The Morgan fingerprint density at radius 2 is 2.21 bits per heavy atom. The number of hydrogen-bond donors (Lipinski definition) is 0. The van der Waals surface area contributed by atoms with Crippen LogP contribution in [0.1, 0.15) is 0 Å². The van der Waals surface area contributed by atoms with Crippen molar-refractivity contribution < 1.29 is 4.74 Å². The van der Waals surface area contributed by atoms with Crippen LogP contribution in [0.4, 0.5) is 0 Å². The van der Waals surface area contributed by atoms with Gasteiger partial charge >= 0.3 is 0 Å². The maximum absolute atomic E-state index is 5.90. The second-order valence-electron chi connectivity index (χ2n) is 2.79. The fourth-order valence-electron chi connectivity index (χ4n) is 1.29. The summed E-state index contributed by atoms with van der Waals surface area (Å²) >= 11 is 9.23. The van der Waals surface area contributed by atoms with Gasteiger partial charge in [0.1, 0.15) is 16.4 Å². The van der Waals surface area contributed by atoms with Crippen molar-refractivity contribution in [1.29, 1.82) is 0 Å². The number of halogens is 2. The van der Waals surface area contributed by atoms with Gasteiger partial charge in [-0.3, -0.25) is 0 Å². The molecule has 0 aliphatic heterocycles. The molecule has 2 aromatic rings. The number of pyridine rings is 1. The van der Waals surface area contributed by atoms with Gasteiger partial charge in [0, 0.05) is 5.39 Å². The van der Waals surface area contributed by atoms with Gasteiger partial charge in [-0.05, 0) is 28.1 Å². The molecule has 1 aromatic heterocycles. The van der Waals surface area contributed by atoms with E-state index in [1.54, 1.807) is 7.11 Å². The summed E-state index contributed by atoms with van der Waals surface area (Å²) in [5, 5.41) is 1.45. The van der Waals surface area contributed by atoms with Gasteiger partial charge in [-0.25, -0.2) is 4.98 Å². The van der Waals surface area contributed by atoms with Crippen molar-refractivity contribution in [3.8, 4) is 5.75 Å². The van der Waals surface area contributed by atoms with Crippen molar-refractivity contribution in [3.63, 3.8) is 0 Å². The Labute approximate surface area is 95.0 Å². The number of para-hydroxylation sites is 1. The Bertz CT molecular complexity index is 487. The molecule has 0 saturated heterocycles. The first-order valence-electron chi connectivity index (χ1n) is 4.01. The highest BCUT2D eigenvalue weighted by Crippen LogP contribution is 2.29. The Balaban J connectivity index is 2.81. The number of ether oxygens (including phenoxy) is 1. The van der Waals surface area contributed by atoms with E-state index >= 15 is 0 Å². The van der Waals surface area contributed by atoms with E-state index < -0.39 is 0 Å². The normalized spacial score (nSPS) is 10.5. The summed E-state index contributed by atoms with van der Waals surface area (Å²) in [6.45, 7) is 0. The number of aromatic nitrogens is 1. The summed E-state index contributed by atoms with van der Waals surface area (Å²) in [5.41, 5.74) is 0.781. The molecule has 0 N–H and O–H groups in total. The molecule has 0 atom stereocenters. The average molecular weight is 273 g/mol. The molecule has 0 aliphatic carbocycles. The molecule has 0 amide bonds. The molecule has 0 fully saturated rings. The molecule has 4 heteroatoms. The molecule has 14 heavy (non-hydrogen) atoms. The van der Waals surface area contributed by atoms with Crippen molar-refractivity contribution >= 4 is 38.4 Å². The maximum atomic E-state index is 5.90. The van der Waals surface area contributed by atoms with Crippen molar-refractivity contribution in [1.82, 2.24) is 4.98 Å². The molecule has 1 heterocycles. The Morgan fingerprint density at radius 1 is 1.43 bits per heavy atom. The highest BCUT2D eigenvalue weighted by Gasteiger charge is 2.06. The number of fused-ring (bicyclic) bond motifs is 1. The lowest BCUT2D eigenvalue weighted by Gasteiger charge is -2.05. The van der Waals surface area contributed by atoms with Gasteiger partial charge in [-0.15, -0.1) is 0 Å². The Morgan fingerprint density at radius 3 is 2.93 bits per heavy atom. The molecular formula is C10H7BrClNO. The summed E-state index contributed by atoms with van der Waals surface area (Å²) in [6.07, 6.45) is 0. The molecule has 0 unspecified atom stereocenters. The van der Waals surface area contributed by atoms with Crippen molar-refractivity contribution in [2.75, 3.05) is 7.11 Å². The standard InChI is InChI=1S/C10H7BrClNO/c1-14-8-4-2-3-6-5-7(11)10(12)13-9(6)8/h2-5H,1H3. The van der Waals surface area contributed by atoms with Crippen LogP contribution in [-0.2, 0) is 0 Å². The number of benzene rings is 1. The lowest BCUT2D eigenvalue weighted by atomic mass is 10.2. The first-order valence-corrected chi connectivity index (χ1v) is 5.18. The fourth-order valence-corrected chi connectivity index (χ4v) is 1.76. The molecule has 0 bridgehead atoms. The largest absolute Gasteiger partial charge is 0.494 e. The third kappa shape index (κ3) is 1.57. The van der Waals surface area contributed by atoms with E-state index in [9.17, 15) is 0 Å². The van der Waals surface area contributed by atoms with Crippen LogP contribution in [-0.4, -0.2) is 12.1 Å². The number of rotatable bonds is 1. The van der Waals surface area contributed by atoms with Crippen LogP contribution >= 0.6 is 27.5 Å². The van der Waals surface area contributed by atoms with Gasteiger partial charge in [0.2, 0.25) is 0 Å². The lowest BCUT2D eigenvalue weighted by Crippen LogP contribution is -1.88. The molecule has 0 spiro atoms. The summed E-state index contributed by atoms with van der Waals surface area (Å²) < 4.78 is 5.98. The van der Waals surface area contributed by atoms with Crippen LogP contribution in [0.2, 0.25) is 5.15 Å². The van der Waals surface area contributed by atoms with Gasteiger partial charge in [-0.1, -0.05) is 23.7 Å². The number of methoxy groups -OCH3 is 1. The van der Waals surface area contributed by atoms with Crippen LogP contribution in [0.15, 0.2) is 28.7 Å². The molecule has 2 nitrogen and oxygen atoms in total. The van der Waals surface area contributed by atoms with Crippen molar-refractivity contribution in [2.24, 2.45) is 0 Å². The predicted molar refractivity (Wildman–Crippen MR) is 61.0 cm³/mol. The second-order valence-corrected chi connectivity index (χ2v) is 4.01. The van der Waals surface area contributed by atoms with E-state index in [0.29, 0.717) is 5.15 Å². The monoisotopic (exact) mass is 271 g/mol. The first kappa shape index (κ1) is 9.74. The molecule has 0 saturated carbocycles. The summed E-state index contributed by atoms with van der Waals surface area (Å²) in [4.78, 5) is 4.24. The third-order valence-corrected chi connectivity index (χ3v) is 3.06. The van der Waals surface area contributed by atoms with Crippen LogP contribution < -0.4 is 4.74 Å². The minimum Gasteiger partial charge on any atom is -0.494 e. The van der Waals surface area contributed by atoms with Gasteiger partial charge in [0.15, 0.2) is 0 Å². The van der Waals surface area contributed by atoms with Gasteiger partial charge in [0.25, 0.3) is 0 Å². The average Bonchev–Trinajstić information content (AvgIpc) is 2.19. The van der Waals surface area contributed by atoms with E-state index in [1.165, 1.54) is 0 Å². The van der Waals surface area contributed by atoms with Gasteiger partial charge in [-0.2, -0.15) is 0 Å². The second kappa shape index (κ2) is 3.75. The zero-order valence-corrected chi connectivity index (χ0v) is 9.76. The van der Waals surface area contributed by atoms with Gasteiger partial charge in [0.05, 0.1) is 11.6 Å². The topological polar surface area (TPSA) is 22.1 Å². The van der Waals surface area contributed by atoms with E-state index in [1.807, 2.05) is 24.3 Å². The van der Waals surface area contributed by atoms with Crippen molar-refractivity contribution in [3.05, 3.63) is 33.9 Å². The smallest absolute Gasteiger partial charge is 0.145 e.